The van der Waals surface area contributed by atoms with E-state index in [1.165, 1.54) is 29.7 Å². The third-order valence-electron chi connectivity index (χ3n) is 5.92. The van der Waals surface area contributed by atoms with Crippen molar-refractivity contribution in [2.24, 2.45) is 10.6 Å². The molecule has 2 amide bonds. The Morgan fingerprint density at radius 1 is 1.41 bits per heavy atom. The van der Waals surface area contributed by atoms with Crippen LogP contribution in [0.1, 0.15) is 39.8 Å². The van der Waals surface area contributed by atoms with Gasteiger partial charge < -0.3 is 25.4 Å². The summed E-state index contributed by atoms with van der Waals surface area (Å²) in [6.07, 6.45) is 1.64. The van der Waals surface area contributed by atoms with E-state index in [0.717, 1.165) is 11.3 Å². The minimum atomic E-state index is -1.47. The smallest absolute Gasteiger partial charge is 0.358 e. The topological polar surface area (TPSA) is 163 Å². The first-order valence-electron chi connectivity index (χ1n) is 11.4. The number of esters is 2. The van der Waals surface area contributed by atoms with Gasteiger partial charge in [0, 0.05) is 24.5 Å². The van der Waals surface area contributed by atoms with Gasteiger partial charge in [0.1, 0.15) is 29.4 Å². The van der Waals surface area contributed by atoms with E-state index in [9.17, 15) is 19.2 Å². The van der Waals surface area contributed by atoms with E-state index < -0.39 is 46.4 Å². The van der Waals surface area contributed by atoms with Crippen molar-refractivity contribution in [3.63, 3.8) is 0 Å². The normalized spacial score (nSPS) is 26.7. The summed E-state index contributed by atoms with van der Waals surface area (Å²) in [5.74, 6) is -3.61. The third-order valence-corrected chi connectivity index (χ3v) is 7.90. The minimum Gasteiger partial charge on any atom is -0.422 e. The highest BCUT2D eigenvalue weighted by Crippen LogP contribution is 2.44. The second-order valence-electron chi connectivity index (χ2n) is 9.34. The number of amides is 2. The third kappa shape index (κ3) is 4.94. The molecule has 37 heavy (non-hydrogen) atoms. The van der Waals surface area contributed by atoms with Crippen LogP contribution in [-0.4, -0.2) is 68.9 Å². The molecule has 4 heterocycles. The molecule has 3 N–H and O–H groups in total. The van der Waals surface area contributed by atoms with Gasteiger partial charge in [-0.25, -0.2) is 9.78 Å². The number of nitrogens with two attached hydrogens (primary N) is 1. The van der Waals surface area contributed by atoms with Crippen LogP contribution >= 0.6 is 23.1 Å². The van der Waals surface area contributed by atoms with Gasteiger partial charge in [-0.3, -0.25) is 19.3 Å². The van der Waals surface area contributed by atoms with Crippen LogP contribution in [0.4, 0.5) is 5.13 Å². The van der Waals surface area contributed by atoms with Crippen molar-refractivity contribution in [2.75, 3.05) is 18.1 Å². The number of hydrogen-bond donors (Lipinski definition) is 2. The number of carbonyl (C=O) groups is 4. The van der Waals surface area contributed by atoms with Crippen LogP contribution in [0.15, 0.2) is 34.5 Å². The number of thioether (sulfide) groups is 1. The maximum absolute atomic E-state index is 13.3. The van der Waals surface area contributed by atoms with Crippen LogP contribution in [-0.2, 0) is 33.5 Å². The molecule has 3 aliphatic heterocycles. The predicted molar refractivity (Wildman–Crippen MR) is 136 cm³/mol. The second kappa shape index (κ2) is 9.82. The SMILES string of the molecule is C=CC1=C(C(=O)OC2(C)CC(C)(C)C(=O)O2)N2C(=O)C(NC(=O)C(=NOCC)c3csc(N)n3)[C@H]2SC1. The number of nitrogens with one attached hydrogen (secondary N) is 1. The number of carbonyl (C=O) groups excluding carboxylic acids is 4. The summed E-state index contributed by atoms with van der Waals surface area (Å²) in [4.78, 5) is 62.0. The predicted octanol–water partition coefficient (Wildman–Crippen LogP) is 1.54. The summed E-state index contributed by atoms with van der Waals surface area (Å²) in [7, 11) is 0. The molecule has 2 fully saturated rings. The molecule has 14 heteroatoms. The van der Waals surface area contributed by atoms with E-state index in [1.54, 1.807) is 26.2 Å². The molecule has 1 aromatic heterocycles. The van der Waals surface area contributed by atoms with Crippen molar-refractivity contribution < 1.29 is 33.5 Å². The fourth-order valence-electron chi connectivity index (χ4n) is 4.27. The number of aromatic nitrogens is 1. The summed E-state index contributed by atoms with van der Waals surface area (Å²) in [6.45, 7) is 10.6. The van der Waals surface area contributed by atoms with Crippen LogP contribution in [0, 0.1) is 5.41 Å². The number of cyclic esters (lactones) is 1. The maximum atomic E-state index is 13.3. The van der Waals surface area contributed by atoms with E-state index in [1.807, 2.05) is 0 Å². The zero-order valence-electron chi connectivity index (χ0n) is 20.7. The number of oxime groups is 1. The highest BCUT2D eigenvalue weighted by atomic mass is 32.2. The van der Waals surface area contributed by atoms with E-state index in [-0.39, 0.29) is 35.3 Å². The number of thiazole rings is 1. The highest BCUT2D eigenvalue weighted by Gasteiger charge is 2.57. The van der Waals surface area contributed by atoms with E-state index in [2.05, 4.69) is 22.0 Å². The van der Waals surface area contributed by atoms with Gasteiger partial charge in [-0.1, -0.05) is 17.8 Å². The lowest BCUT2D eigenvalue weighted by atomic mass is 9.89. The van der Waals surface area contributed by atoms with Crippen molar-refractivity contribution in [1.29, 1.82) is 0 Å². The van der Waals surface area contributed by atoms with Gasteiger partial charge in [0.05, 0.1) is 5.41 Å². The molecule has 3 aliphatic rings. The molecule has 2 unspecified atom stereocenters. The van der Waals surface area contributed by atoms with Crippen molar-refractivity contribution in [2.45, 2.75) is 51.3 Å². The molecule has 0 spiro atoms. The number of β-lactam (4-membered cyclic amide) rings is 1. The monoisotopic (exact) mass is 549 g/mol. The van der Waals surface area contributed by atoms with Crippen LogP contribution < -0.4 is 11.1 Å². The van der Waals surface area contributed by atoms with E-state index in [4.69, 9.17) is 20.0 Å². The molecular weight excluding hydrogens is 522 g/mol. The van der Waals surface area contributed by atoms with Gasteiger partial charge in [0.25, 0.3) is 17.6 Å². The number of ether oxygens (including phenoxy) is 2. The lowest BCUT2D eigenvalue weighted by molar-refractivity contribution is -0.206. The average molecular weight is 550 g/mol. The Labute approximate surface area is 221 Å². The highest BCUT2D eigenvalue weighted by molar-refractivity contribution is 8.00. The van der Waals surface area contributed by atoms with Crippen molar-refractivity contribution >= 4 is 57.7 Å². The molecule has 2 saturated heterocycles. The average Bonchev–Trinajstić information content (AvgIpc) is 3.34. The molecule has 3 atom stereocenters. The molecule has 4 rings (SSSR count). The Kier molecular flexibility index (Phi) is 7.08. The van der Waals surface area contributed by atoms with Crippen LogP contribution in [0.25, 0.3) is 0 Å². The largest absolute Gasteiger partial charge is 0.422 e. The fourth-order valence-corrected chi connectivity index (χ4v) is 6.16. The van der Waals surface area contributed by atoms with Crippen LogP contribution in [0.2, 0.25) is 0 Å². The number of nitrogens with zero attached hydrogens (tertiary/aromatic N) is 3. The first kappa shape index (κ1) is 26.7. The molecule has 0 saturated carbocycles. The lowest BCUT2D eigenvalue weighted by Crippen LogP contribution is -2.71. The van der Waals surface area contributed by atoms with Crippen molar-refractivity contribution in [3.05, 3.63) is 35.0 Å². The molecule has 12 nitrogen and oxygen atoms in total. The van der Waals surface area contributed by atoms with Crippen LogP contribution in [0.5, 0.6) is 0 Å². The molecular formula is C23H27N5O7S2. The summed E-state index contributed by atoms with van der Waals surface area (Å²) in [5, 5.41) is 7.73. The van der Waals surface area contributed by atoms with Crippen molar-refractivity contribution in [3.8, 4) is 0 Å². The second-order valence-corrected chi connectivity index (χ2v) is 11.3. The van der Waals surface area contributed by atoms with Gasteiger partial charge in [-0.2, -0.15) is 0 Å². The molecule has 198 valence electrons. The number of allylic oxidation sites excluding steroid dienone is 1. The van der Waals surface area contributed by atoms with Gasteiger partial charge in [-0.15, -0.1) is 23.1 Å². The zero-order chi connectivity index (χ0) is 27.1. The number of fused-ring (bicyclic) bond motifs is 1. The molecule has 0 bridgehead atoms. The summed E-state index contributed by atoms with van der Waals surface area (Å²) < 4.78 is 10.9. The fraction of sp³-hybridized carbons (Fsp3) is 0.478. The zero-order valence-corrected chi connectivity index (χ0v) is 22.4. The van der Waals surface area contributed by atoms with Gasteiger partial charge in [0.2, 0.25) is 0 Å². The summed E-state index contributed by atoms with van der Waals surface area (Å²) >= 11 is 2.49. The Balaban J connectivity index is 1.52. The number of nitrogen functional groups attached to an aromatic ring is 1. The van der Waals surface area contributed by atoms with Crippen molar-refractivity contribution in [1.82, 2.24) is 15.2 Å². The molecule has 0 aliphatic carbocycles. The molecule has 0 aromatic carbocycles. The lowest BCUT2D eigenvalue weighted by Gasteiger charge is -2.49. The number of anilines is 1. The quantitative estimate of drug-likeness (QED) is 0.210. The van der Waals surface area contributed by atoms with Gasteiger partial charge in [0.15, 0.2) is 10.8 Å². The summed E-state index contributed by atoms with van der Waals surface area (Å²) in [6, 6.07) is -0.937. The molecule has 0 radical (unpaired) electrons. The Bertz CT molecular complexity index is 1240. The standard InChI is InChI=1S/C23H27N5O7S2/c1-6-11-8-36-18-14(26-16(29)13(27-33-7-2)12-9-37-21(24)25-12)17(30)28(18)15(11)19(31)34-23(5)10-22(3,4)20(32)35-23/h6,9,14,18H,1,7-8,10H2,2-5H3,(H2,24,25)(H,26,29)/t14?,18-,23?/m1/s1. The Morgan fingerprint density at radius 2 is 2.14 bits per heavy atom. The van der Waals surface area contributed by atoms with Gasteiger partial charge in [-0.05, 0) is 26.3 Å². The Hall–Kier alpha value is -3.39. The summed E-state index contributed by atoms with van der Waals surface area (Å²) in [5.41, 5.74) is 5.46. The van der Waals surface area contributed by atoms with E-state index >= 15 is 0 Å². The Morgan fingerprint density at radius 3 is 2.70 bits per heavy atom. The van der Waals surface area contributed by atoms with Crippen LogP contribution in [0.3, 0.4) is 0 Å². The number of rotatable bonds is 8. The number of hydrogen-bond acceptors (Lipinski definition) is 12. The first-order valence-corrected chi connectivity index (χ1v) is 13.3. The molecule has 1 aromatic rings. The van der Waals surface area contributed by atoms with E-state index in [0.29, 0.717) is 11.3 Å². The van der Waals surface area contributed by atoms with Gasteiger partial charge >= 0.3 is 11.9 Å². The first-order chi connectivity index (χ1) is 17.4. The maximum Gasteiger partial charge on any atom is 0.358 e. The minimum absolute atomic E-state index is 0.00621.